The first-order chi connectivity index (χ1) is 12.0. The molecule has 25 heavy (non-hydrogen) atoms. The zero-order valence-corrected chi connectivity index (χ0v) is 14.0. The highest BCUT2D eigenvalue weighted by Crippen LogP contribution is 2.21. The third-order valence-corrected chi connectivity index (χ3v) is 4.44. The maximum absolute atomic E-state index is 12.5. The lowest BCUT2D eigenvalue weighted by Gasteiger charge is -2.12. The van der Waals surface area contributed by atoms with Crippen LogP contribution >= 0.6 is 11.6 Å². The van der Waals surface area contributed by atoms with Crippen molar-refractivity contribution in [1.29, 1.82) is 0 Å². The van der Waals surface area contributed by atoms with Gasteiger partial charge in [0, 0.05) is 23.2 Å². The molecule has 3 aromatic rings. The van der Waals surface area contributed by atoms with E-state index < -0.39 is 11.4 Å². The lowest BCUT2D eigenvalue weighted by molar-refractivity contribution is 0.0694. The standard InChI is InChI=1S/C19H16ClNO4/c20-16-4-2-1-3-13(16)9-12-5-6-17-14(10-12)18(23)15(19(24)25)11-21(17)7-8-22/h1-6,10-11,22H,7-9H2,(H,24,25). The van der Waals surface area contributed by atoms with E-state index in [1.165, 1.54) is 6.20 Å². The molecular weight excluding hydrogens is 342 g/mol. The van der Waals surface area contributed by atoms with Gasteiger partial charge < -0.3 is 14.8 Å². The van der Waals surface area contributed by atoms with Crippen molar-refractivity contribution in [2.75, 3.05) is 6.61 Å². The first kappa shape index (κ1) is 17.2. The number of aromatic nitrogens is 1. The molecule has 1 aromatic heterocycles. The summed E-state index contributed by atoms with van der Waals surface area (Å²) in [5.74, 6) is -1.28. The molecule has 0 amide bonds. The van der Waals surface area contributed by atoms with E-state index in [-0.39, 0.29) is 18.7 Å². The monoisotopic (exact) mass is 357 g/mol. The second-order valence-electron chi connectivity index (χ2n) is 5.71. The van der Waals surface area contributed by atoms with Gasteiger partial charge in [0.05, 0.1) is 12.1 Å². The molecule has 0 saturated heterocycles. The summed E-state index contributed by atoms with van der Waals surface area (Å²) in [6.45, 7) is 0.0549. The van der Waals surface area contributed by atoms with Crippen LogP contribution in [0.3, 0.4) is 0 Å². The predicted octanol–water partition coefficient (Wildman–Crippen LogP) is 2.94. The highest BCUT2D eigenvalue weighted by Gasteiger charge is 2.15. The molecule has 0 radical (unpaired) electrons. The second kappa shape index (κ2) is 7.09. The van der Waals surface area contributed by atoms with Crippen LogP contribution in [0.2, 0.25) is 5.02 Å². The smallest absolute Gasteiger partial charge is 0.341 e. The van der Waals surface area contributed by atoms with Crippen molar-refractivity contribution in [3.63, 3.8) is 0 Å². The summed E-state index contributed by atoms with van der Waals surface area (Å²) in [6, 6.07) is 12.8. The van der Waals surface area contributed by atoms with Crippen molar-refractivity contribution >= 4 is 28.5 Å². The summed E-state index contributed by atoms with van der Waals surface area (Å²) in [4.78, 5) is 23.9. The van der Waals surface area contributed by atoms with Gasteiger partial charge in [-0.1, -0.05) is 35.9 Å². The summed E-state index contributed by atoms with van der Waals surface area (Å²) in [5, 5.41) is 19.4. The van der Waals surface area contributed by atoms with Crippen molar-refractivity contribution in [2.45, 2.75) is 13.0 Å². The Morgan fingerprint density at radius 2 is 1.92 bits per heavy atom. The van der Waals surface area contributed by atoms with Crippen LogP contribution in [-0.4, -0.2) is 27.4 Å². The van der Waals surface area contributed by atoms with Crippen molar-refractivity contribution in [3.8, 4) is 0 Å². The molecule has 6 heteroatoms. The molecule has 1 heterocycles. The summed E-state index contributed by atoms with van der Waals surface area (Å²) < 4.78 is 1.58. The first-order valence-electron chi connectivity index (χ1n) is 7.75. The van der Waals surface area contributed by atoms with Crippen LogP contribution in [0.25, 0.3) is 10.9 Å². The van der Waals surface area contributed by atoms with Gasteiger partial charge >= 0.3 is 5.97 Å². The van der Waals surface area contributed by atoms with Crippen molar-refractivity contribution in [1.82, 2.24) is 4.57 Å². The fraction of sp³-hybridized carbons (Fsp3) is 0.158. The molecule has 0 atom stereocenters. The van der Waals surface area contributed by atoms with Gasteiger partial charge in [-0.05, 0) is 35.7 Å². The van der Waals surface area contributed by atoms with Crippen LogP contribution in [0.4, 0.5) is 0 Å². The van der Waals surface area contributed by atoms with Gasteiger partial charge in [-0.25, -0.2) is 4.79 Å². The Hall–Kier alpha value is -2.63. The maximum Gasteiger partial charge on any atom is 0.341 e. The van der Waals surface area contributed by atoms with Gasteiger partial charge in [0.25, 0.3) is 0 Å². The number of hydrogen-bond donors (Lipinski definition) is 2. The van der Waals surface area contributed by atoms with E-state index in [1.807, 2.05) is 24.3 Å². The van der Waals surface area contributed by atoms with Gasteiger partial charge in [-0.3, -0.25) is 4.79 Å². The highest BCUT2D eigenvalue weighted by atomic mass is 35.5. The number of pyridine rings is 1. The predicted molar refractivity (Wildman–Crippen MR) is 96.5 cm³/mol. The van der Waals surface area contributed by atoms with Crippen LogP contribution in [0.5, 0.6) is 0 Å². The van der Waals surface area contributed by atoms with Gasteiger partial charge in [0.15, 0.2) is 0 Å². The lowest BCUT2D eigenvalue weighted by Crippen LogP contribution is -2.19. The molecule has 3 rings (SSSR count). The molecule has 0 saturated carbocycles. The normalized spacial score (nSPS) is 11.0. The third kappa shape index (κ3) is 3.43. The van der Waals surface area contributed by atoms with E-state index in [0.29, 0.717) is 22.3 Å². The molecular formula is C19H16ClNO4. The number of aromatic carboxylic acids is 1. The number of benzene rings is 2. The average molecular weight is 358 g/mol. The Labute approximate surface area is 148 Å². The summed E-state index contributed by atoms with van der Waals surface area (Å²) in [6.07, 6.45) is 1.81. The Morgan fingerprint density at radius 3 is 2.60 bits per heavy atom. The number of fused-ring (bicyclic) bond motifs is 1. The molecule has 0 bridgehead atoms. The minimum atomic E-state index is -1.28. The van der Waals surface area contributed by atoms with E-state index in [4.69, 9.17) is 11.6 Å². The van der Waals surface area contributed by atoms with Crippen molar-refractivity contribution in [2.24, 2.45) is 0 Å². The molecule has 2 aromatic carbocycles. The van der Waals surface area contributed by atoms with Crippen molar-refractivity contribution < 1.29 is 15.0 Å². The molecule has 5 nitrogen and oxygen atoms in total. The van der Waals surface area contributed by atoms with Crippen LogP contribution in [0.15, 0.2) is 53.5 Å². The van der Waals surface area contributed by atoms with Gasteiger partial charge in [0.1, 0.15) is 5.56 Å². The minimum absolute atomic E-state index is 0.154. The second-order valence-corrected chi connectivity index (χ2v) is 6.12. The van der Waals surface area contributed by atoms with Crippen molar-refractivity contribution in [3.05, 3.63) is 80.6 Å². The molecule has 0 aliphatic heterocycles. The number of nitrogens with zero attached hydrogens (tertiary/aromatic N) is 1. The fourth-order valence-electron chi connectivity index (χ4n) is 2.86. The van der Waals surface area contributed by atoms with Gasteiger partial charge in [0.2, 0.25) is 5.43 Å². The number of carboxylic acids is 1. The third-order valence-electron chi connectivity index (χ3n) is 4.07. The molecule has 2 N–H and O–H groups in total. The van der Waals surface area contributed by atoms with Crippen LogP contribution in [-0.2, 0) is 13.0 Å². The van der Waals surface area contributed by atoms with E-state index >= 15 is 0 Å². The number of carbonyl (C=O) groups is 1. The maximum atomic E-state index is 12.5. The van der Waals surface area contributed by atoms with E-state index in [0.717, 1.165) is 11.1 Å². The highest BCUT2D eigenvalue weighted by molar-refractivity contribution is 6.31. The minimum Gasteiger partial charge on any atom is -0.477 e. The zero-order valence-electron chi connectivity index (χ0n) is 13.3. The first-order valence-corrected chi connectivity index (χ1v) is 8.12. The Morgan fingerprint density at radius 1 is 1.16 bits per heavy atom. The van der Waals surface area contributed by atoms with Crippen LogP contribution in [0, 0.1) is 0 Å². The lowest BCUT2D eigenvalue weighted by atomic mass is 10.0. The zero-order chi connectivity index (χ0) is 18.0. The van der Waals surface area contributed by atoms with Crippen LogP contribution < -0.4 is 5.43 Å². The summed E-state index contributed by atoms with van der Waals surface area (Å²) >= 11 is 6.19. The Balaban J connectivity index is 2.16. The summed E-state index contributed by atoms with van der Waals surface area (Å²) in [7, 11) is 0. The number of halogens is 1. The molecule has 128 valence electrons. The Bertz CT molecular complexity index is 1010. The molecule has 0 aliphatic carbocycles. The van der Waals surface area contributed by atoms with E-state index in [1.54, 1.807) is 22.8 Å². The van der Waals surface area contributed by atoms with Crippen LogP contribution in [0.1, 0.15) is 21.5 Å². The largest absolute Gasteiger partial charge is 0.477 e. The van der Waals surface area contributed by atoms with Gasteiger partial charge in [-0.15, -0.1) is 0 Å². The number of carboxylic acid groups (broad SMARTS) is 1. The van der Waals surface area contributed by atoms with Gasteiger partial charge in [-0.2, -0.15) is 0 Å². The average Bonchev–Trinajstić information content (AvgIpc) is 2.59. The quantitative estimate of drug-likeness (QED) is 0.735. The fourth-order valence-corrected chi connectivity index (χ4v) is 3.06. The number of aliphatic hydroxyl groups is 1. The van der Waals surface area contributed by atoms with E-state index in [9.17, 15) is 19.8 Å². The SMILES string of the molecule is O=C(O)c1cn(CCO)c2ccc(Cc3ccccc3Cl)cc2c1=O. The Kier molecular flexibility index (Phi) is 4.88. The number of rotatable bonds is 5. The molecule has 0 aliphatic rings. The molecule has 0 unspecified atom stereocenters. The molecule has 0 fully saturated rings. The number of hydrogen-bond acceptors (Lipinski definition) is 3. The summed E-state index contributed by atoms with van der Waals surface area (Å²) in [5.41, 5.74) is 1.53. The van der Waals surface area contributed by atoms with E-state index in [2.05, 4.69) is 0 Å². The number of aliphatic hydroxyl groups excluding tert-OH is 1. The topological polar surface area (TPSA) is 79.5 Å². The molecule has 0 spiro atoms.